The van der Waals surface area contributed by atoms with Gasteiger partial charge in [-0.1, -0.05) is 22.9 Å². The van der Waals surface area contributed by atoms with Crippen molar-refractivity contribution in [3.05, 3.63) is 33.2 Å². The molecule has 0 aromatic carbocycles. The molecule has 4 nitrogen and oxygen atoms in total. The third-order valence-corrected chi connectivity index (χ3v) is 2.47. The van der Waals surface area contributed by atoms with Crippen molar-refractivity contribution in [2.24, 2.45) is 0 Å². The lowest BCUT2D eigenvalue weighted by Crippen LogP contribution is -2.05. The Labute approximate surface area is 82.3 Å². The van der Waals surface area contributed by atoms with E-state index >= 15 is 0 Å². The highest BCUT2D eigenvalue weighted by atomic mass is 35.5. The third-order valence-electron chi connectivity index (χ3n) is 1.35. The summed E-state index contributed by atoms with van der Waals surface area (Å²) in [5, 5.41) is 0.614. The Morgan fingerprint density at radius 1 is 1.46 bits per heavy atom. The molecule has 2 aromatic rings. The summed E-state index contributed by atoms with van der Waals surface area (Å²) in [5.41, 5.74) is -0.198. The molecule has 2 rings (SSSR count). The van der Waals surface area contributed by atoms with Crippen LogP contribution in [-0.2, 0) is 0 Å². The molecule has 0 atom stereocenters. The van der Waals surface area contributed by atoms with E-state index in [0.717, 1.165) is 0 Å². The Kier molecular flexibility index (Phi) is 2.12. The maximum Gasteiger partial charge on any atom is 0.251 e. The van der Waals surface area contributed by atoms with Crippen LogP contribution in [-0.4, -0.2) is 15.0 Å². The van der Waals surface area contributed by atoms with Crippen molar-refractivity contribution < 1.29 is 0 Å². The normalized spacial score (nSPS) is 10.2. The third kappa shape index (κ3) is 1.76. The molecule has 0 radical (unpaired) electrons. The summed E-state index contributed by atoms with van der Waals surface area (Å²) in [4.78, 5) is 21.4. The zero-order valence-corrected chi connectivity index (χ0v) is 7.89. The standard InChI is InChI=1S/C7H4ClN3OS/c8-4-3-10-7(13-4)6-9-2-1-5(12)11-6/h1-3H,(H,9,11,12). The zero-order valence-electron chi connectivity index (χ0n) is 6.32. The van der Waals surface area contributed by atoms with E-state index in [9.17, 15) is 4.79 Å². The number of hydrogen-bond donors (Lipinski definition) is 1. The number of nitrogens with one attached hydrogen (secondary N) is 1. The molecule has 0 unspecified atom stereocenters. The van der Waals surface area contributed by atoms with Gasteiger partial charge in [0.15, 0.2) is 10.8 Å². The summed E-state index contributed by atoms with van der Waals surface area (Å²) in [6, 6.07) is 1.35. The van der Waals surface area contributed by atoms with E-state index in [1.54, 1.807) is 0 Å². The monoisotopic (exact) mass is 213 g/mol. The summed E-state index contributed by atoms with van der Waals surface area (Å²) < 4.78 is 0.571. The number of halogens is 1. The molecule has 0 fully saturated rings. The highest BCUT2D eigenvalue weighted by Crippen LogP contribution is 2.24. The van der Waals surface area contributed by atoms with Crippen LogP contribution in [0.15, 0.2) is 23.3 Å². The van der Waals surface area contributed by atoms with E-state index in [0.29, 0.717) is 15.2 Å². The second kappa shape index (κ2) is 3.27. The van der Waals surface area contributed by atoms with E-state index < -0.39 is 0 Å². The Morgan fingerprint density at radius 3 is 2.92 bits per heavy atom. The van der Waals surface area contributed by atoms with Crippen LogP contribution in [0.4, 0.5) is 0 Å². The van der Waals surface area contributed by atoms with Crippen LogP contribution in [0.5, 0.6) is 0 Å². The minimum Gasteiger partial charge on any atom is -0.305 e. The first kappa shape index (κ1) is 8.40. The molecule has 0 bridgehead atoms. The minimum absolute atomic E-state index is 0.198. The van der Waals surface area contributed by atoms with Gasteiger partial charge in [-0.15, -0.1) is 0 Å². The smallest absolute Gasteiger partial charge is 0.251 e. The molecular weight excluding hydrogens is 210 g/mol. The molecule has 0 aliphatic rings. The van der Waals surface area contributed by atoms with Crippen LogP contribution in [0.25, 0.3) is 10.8 Å². The van der Waals surface area contributed by atoms with Gasteiger partial charge in [-0.2, -0.15) is 0 Å². The van der Waals surface area contributed by atoms with Crippen LogP contribution in [0.2, 0.25) is 4.34 Å². The predicted molar refractivity (Wildman–Crippen MR) is 51.0 cm³/mol. The molecule has 0 aliphatic heterocycles. The van der Waals surface area contributed by atoms with Gasteiger partial charge in [0.2, 0.25) is 0 Å². The van der Waals surface area contributed by atoms with Crippen LogP contribution in [0.1, 0.15) is 0 Å². The molecule has 13 heavy (non-hydrogen) atoms. The second-order valence-corrected chi connectivity index (χ2v) is 3.91. The van der Waals surface area contributed by atoms with Crippen molar-refractivity contribution in [3.8, 4) is 10.8 Å². The zero-order chi connectivity index (χ0) is 9.26. The first-order valence-corrected chi connectivity index (χ1v) is 4.62. The molecule has 66 valence electrons. The Morgan fingerprint density at radius 2 is 2.31 bits per heavy atom. The quantitative estimate of drug-likeness (QED) is 0.782. The molecule has 0 saturated carbocycles. The summed E-state index contributed by atoms with van der Waals surface area (Å²) >= 11 is 6.96. The summed E-state index contributed by atoms with van der Waals surface area (Å²) in [6.07, 6.45) is 2.96. The molecule has 0 amide bonds. The van der Waals surface area contributed by atoms with Crippen molar-refractivity contribution in [3.63, 3.8) is 0 Å². The van der Waals surface area contributed by atoms with Gasteiger partial charge in [-0.05, 0) is 0 Å². The Hall–Kier alpha value is -1.20. The number of aromatic amines is 1. The predicted octanol–water partition coefficient (Wildman–Crippen LogP) is 1.55. The molecule has 0 aliphatic carbocycles. The molecule has 2 heterocycles. The van der Waals surface area contributed by atoms with Crippen molar-refractivity contribution in [2.75, 3.05) is 0 Å². The van der Waals surface area contributed by atoms with Crippen molar-refractivity contribution in [1.29, 1.82) is 0 Å². The summed E-state index contributed by atoms with van der Waals surface area (Å²) in [6.45, 7) is 0. The van der Waals surface area contributed by atoms with Gasteiger partial charge in [0.05, 0.1) is 6.20 Å². The van der Waals surface area contributed by atoms with E-state index in [1.165, 1.54) is 29.8 Å². The summed E-state index contributed by atoms with van der Waals surface area (Å²) in [5.74, 6) is 0.449. The van der Waals surface area contributed by atoms with Crippen LogP contribution < -0.4 is 5.56 Å². The van der Waals surface area contributed by atoms with Crippen LogP contribution in [0.3, 0.4) is 0 Å². The molecule has 1 N–H and O–H groups in total. The highest BCUT2D eigenvalue weighted by molar-refractivity contribution is 7.18. The van der Waals surface area contributed by atoms with E-state index in [1.807, 2.05) is 0 Å². The van der Waals surface area contributed by atoms with E-state index in [-0.39, 0.29) is 5.56 Å². The number of H-pyrrole nitrogens is 1. The second-order valence-electron chi connectivity index (χ2n) is 2.25. The number of thiazole rings is 1. The first-order valence-electron chi connectivity index (χ1n) is 3.43. The van der Waals surface area contributed by atoms with E-state index in [4.69, 9.17) is 11.6 Å². The lowest BCUT2D eigenvalue weighted by molar-refractivity contribution is 1.12. The van der Waals surface area contributed by atoms with Gasteiger partial charge in [0, 0.05) is 12.3 Å². The van der Waals surface area contributed by atoms with E-state index in [2.05, 4.69) is 15.0 Å². The Bertz CT molecular complexity index is 478. The molecule has 0 saturated heterocycles. The molecular formula is C7H4ClN3OS. The topological polar surface area (TPSA) is 58.6 Å². The number of hydrogen-bond acceptors (Lipinski definition) is 4. The maximum absolute atomic E-state index is 10.9. The average molecular weight is 214 g/mol. The van der Waals surface area contributed by atoms with Gasteiger partial charge in [-0.3, -0.25) is 4.79 Å². The average Bonchev–Trinajstić information content (AvgIpc) is 2.52. The molecule has 6 heteroatoms. The van der Waals surface area contributed by atoms with Gasteiger partial charge in [-0.25, -0.2) is 9.97 Å². The SMILES string of the molecule is O=c1ccnc(-c2ncc(Cl)s2)[nH]1. The van der Waals surface area contributed by atoms with Crippen molar-refractivity contribution in [2.45, 2.75) is 0 Å². The fourth-order valence-electron chi connectivity index (χ4n) is 0.843. The van der Waals surface area contributed by atoms with Crippen LogP contribution >= 0.6 is 22.9 Å². The lowest BCUT2D eigenvalue weighted by Gasteiger charge is -1.91. The van der Waals surface area contributed by atoms with Crippen molar-refractivity contribution in [1.82, 2.24) is 15.0 Å². The summed E-state index contributed by atoms with van der Waals surface area (Å²) in [7, 11) is 0. The maximum atomic E-state index is 10.9. The minimum atomic E-state index is -0.198. The van der Waals surface area contributed by atoms with Crippen LogP contribution in [0, 0.1) is 0 Å². The number of rotatable bonds is 1. The van der Waals surface area contributed by atoms with Crippen molar-refractivity contribution >= 4 is 22.9 Å². The van der Waals surface area contributed by atoms with Gasteiger partial charge in [0.25, 0.3) is 5.56 Å². The first-order chi connectivity index (χ1) is 6.25. The van der Waals surface area contributed by atoms with Gasteiger partial charge in [0.1, 0.15) is 4.34 Å². The molecule has 2 aromatic heterocycles. The Balaban J connectivity index is 2.52. The van der Waals surface area contributed by atoms with Gasteiger partial charge < -0.3 is 4.98 Å². The number of nitrogens with zero attached hydrogens (tertiary/aromatic N) is 2. The highest BCUT2D eigenvalue weighted by Gasteiger charge is 2.04. The lowest BCUT2D eigenvalue weighted by atomic mass is 10.6. The largest absolute Gasteiger partial charge is 0.305 e. The van der Waals surface area contributed by atoms with Gasteiger partial charge >= 0.3 is 0 Å². The molecule has 0 spiro atoms. The fraction of sp³-hybridized carbons (Fsp3) is 0. The number of aromatic nitrogens is 3. The fourth-order valence-corrected chi connectivity index (χ4v) is 1.71.